The maximum Gasteiger partial charge on any atom is 0.417 e. The van der Waals surface area contributed by atoms with E-state index in [1.807, 2.05) is 0 Å². The minimum atomic E-state index is -4.94. The molecule has 0 amide bonds. The Balaban J connectivity index is 3.53. The predicted molar refractivity (Wildman–Crippen MR) is 53.1 cm³/mol. The van der Waals surface area contributed by atoms with Gasteiger partial charge in [0, 0.05) is 0 Å². The lowest BCUT2D eigenvalue weighted by molar-refractivity contribution is -0.139. The average molecular weight is 285 g/mol. The van der Waals surface area contributed by atoms with Crippen molar-refractivity contribution in [2.24, 2.45) is 0 Å². The average Bonchev–Trinajstić information content (AvgIpc) is 2.26. The molecule has 0 N–H and O–H groups in total. The molecule has 1 aromatic rings. The SMILES string of the molecule is N#CCc1cc(C(F)(F)F)c(C(F)F)c(CCl)n1. The molecule has 8 heteroatoms. The van der Waals surface area contributed by atoms with Gasteiger partial charge in [0.1, 0.15) is 0 Å². The maximum absolute atomic E-state index is 12.7. The van der Waals surface area contributed by atoms with Crippen LogP contribution < -0.4 is 0 Å². The van der Waals surface area contributed by atoms with Crippen molar-refractivity contribution in [1.82, 2.24) is 4.98 Å². The smallest absolute Gasteiger partial charge is 0.255 e. The Kier molecular flexibility index (Phi) is 4.46. The Hall–Kier alpha value is -1.42. The van der Waals surface area contributed by atoms with E-state index in [9.17, 15) is 22.0 Å². The third kappa shape index (κ3) is 3.07. The number of nitrogens with zero attached hydrogens (tertiary/aromatic N) is 2. The van der Waals surface area contributed by atoms with Crippen molar-refractivity contribution in [3.8, 4) is 6.07 Å². The molecule has 18 heavy (non-hydrogen) atoms. The Morgan fingerprint density at radius 3 is 2.39 bits per heavy atom. The molecule has 0 aliphatic carbocycles. The monoisotopic (exact) mass is 284 g/mol. The van der Waals surface area contributed by atoms with Gasteiger partial charge in [0.05, 0.1) is 40.9 Å². The maximum atomic E-state index is 12.7. The summed E-state index contributed by atoms with van der Waals surface area (Å²) >= 11 is 5.32. The molecule has 0 saturated carbocycles. The molecular weight excluding hydrogens is 279 g/mol. The van der Waals surface area contributed by atoms with Gasteiger partial charge in [-0.25, -0.2) is 8.78 Å². The second-order valence-corrected chi connectivity index (χ2v) is 3.56. The fraction of sp³-hybridized carbons (Fsp3) is 0.400. The van der Waals surface area contributed by atoms with Crippen molar-refractivity contribution < 1.29 is 22.0 Å². The second kappa shape index (κ2) is 5.48. The summed E-state index contributed by atoms with van der Waals surface area (Å²) in [5.41, 5.74) is -3.50. The van der Waals surface area contributed by atoms with Gasteiger partial charge >= 0.3 is 6.18 Å². The van der Waals surface area contributed by atoms with Gasteiger partial charge in [0.2, 0.25) is 0 Å². The highest BCUT2D eigenvalue weighted by atomic mass is 35.5. The Bertz CT molecular complexity index is 478. The van der Waals surface area contributed by atoms with E-state index in [1.165, 1.54) is 0 Å². The Labute approximate surface area is 104 Å². The molecule has 0 atom stereocenters. The number of hydrogen-bond donors (Lipinski definition) is 0. The van der Waals surface area contributed by atoms with Crippen LogP contribution in [0.15, 0.2) is 6.07 Å². The summed E-state index contributed by atoms with van der Waals surface area (Å²) in [4.78, 5) is 3.54. The molecule has 98 valence electrons. The van der Waals surface area contributed by atoms with Crippen molar-refractivity contribution in [1.29, 1.82) is 5.26 Å². The van der Waals surface area contributed by atoms with E-state index in [1.54, 1.807) is 6.07 Å². The lowest BCUT2D eigenvalue weighted by atomic mass is 10.0. The molecule has 0 bridgehead atoms. The molecule has 0 unspecified atom stereocenters. The molecule has 0 radical (unpaired) electrons. The number of nitriles is 1. The lowest BCUT2D eigenvalue weighted by Gasteiger charge is -2.16. The molecule has 0 aromatic carbocycles. The van der Waals surface area contributed by atoms with E-state index in [0.717, 1.165) is 0 Å². The first-order valence-electron chi connectivity index (χ1n) is 4.62. The third-order valence-corrected chi connectivity index (χ3v) is 2.35. The molecule has 1 rings (SSSR count). The Morgan fingerprint density at radius 1 is 1.39 bits per heavy atom. The van der Waals surface area contributed by atoms with Crippen molar-refractivity contribution in [3.63, 3.8) is 0 Å². The highest BCUT2D eigenvalue weighted by Gasteiger charge is 2.38. The first kappa shape index (κ1) is 14.6. The Morgan fingerprint density at radius 2 is 2.00 bits per heavy atom. The minimum absolute atomic E-state index is 0.232. The lowest BCUT2D eigenvalue weighted by Crippen LogP contribution is -2.14. The quantitative estimate of drug-likeness (QED) is 0.624. The number of hydrogen-bond acceptors (Lipinski definition) is 2. The van der Waals surface area contributed by atoms with E-state index >= 15 is 0 Å². The van der Waals surface area contributed by atoms with Gasteiger partial charge in [-0.05, 0) is 6.07 Å². The van der Waals surface area contributed by atoms with Crippen molar-refractivity contribution in [3.05, 3.63) is 28.6 Å². The summed E-state index contributed by atoms with van der Waals surface area (Å²) in [6, 6.07) is 2.06. The molecule has 0 aliphatic rings. The molecule has 1 heterocycles. The van der Waals surface area contributed by atoms with Crippen LogP contribution in [0.1, 0.15) is 28.9 Å². The zero-order valence-electron chi connectivity index (χ0n) is 8.73. The van der Waals surface area contributed by atoms with Crippen LogP contribution in [-0.2, 0) is 18.5 Å². The normalized spacial score (nSPS) is 11.7. The molecule has 0 spiro atoms. The molecule has 0 aliphatic heterocycles. The van der Waals surface area contributed by atoms with Crippen LogP contribution >= 0.6 is 11.6 Å². The summed E-state index contributed by atoms with van der Waals surface area (Å²) in [6.07, 6.45) is -8.69. The predicted octanol–water partition coefficient (Wildman–Crippen LogP) is 3.84. The van der Waals surface area contributed by atoms with E-state index in [2.05, 4.69) is 4.98 Å². The van der Waals surface area contributed by atoms with Gasteiger partial charge in [-0.15, -0.1) is 11.6 Å². The van der Waals surface area contributed by atoms with Gasteiger partial charge in [-0.2, -0.15) is 18.4 Å². The fourth-order valence-corrected chi connectivity index (χ4v) is 1.62. The summed E-state index contributed by atoms with van der Waals surface area (Å²) in [7, 11) is 0. The summed E-state index contributed by atoms with van der Waals surface area (Å²) in [6.45, 7) is 0. The van der Waals surface area contributed by atoms with Crippen molar-refractivity contribution >= 4 is 11.6 Å². The van der Waals surface area contributed by atoms with E-state index < -0.39 is 41.7 Å². The van der Waals surface area contributed by atoms with Crippen LogP contribution in [0.4, 0.5) is 22.0 Å². The molecule has 0 saturated heterocycles. The number of pyridine rings is 1. The number of aromatic nitrogens is 1. The van der Waals surface area contributed by atoms with Crippen LogP contribution in [0.5, 0.6) is 0 Å². The third-order valence-electron chi connectivity index (χ3n) is 2.10. The summed E-state index contributed by atoms with van der Waals surface area (Å²) in [5.74, 6) is -0.581. The van der Waals surface area contributed by atoms with Gasteiger partial charge in [0.15, 0.2) is 0 Å². The highest BCUT2D eigenvalue weighted by molar-refractivity contribution is 6.17. The first-order chi connectivity index (χ1) is 8.31. The van der Waals surface area contributed by atoms with Crippen LogP contribution in [0.2, 0.25) is 0 Å². The highest BCUT2D eigenvalue weighted by Crippen LogP contribution is 2.38. The van der Waals surface area contributed by atoms with Gasteiger partial charge in [-0.3, -0.25) is 4.98 Å². The van der Waals surface area contributed by atoms with Crippen molar-refractivity contribution in [2.75, 3.05) is 0 Å². The van der Waals surface area contributed by atoms with Gasteiger partial charge in [-0.1, -0.05) is 0 Å². The van der Waals surface area contributed by atoms with Crippen LogP contribution in [0, 0.1) is 11.3 Å². The molecule has 1 aromatic heterocycles. The van der Waals surface area contributed by atoms with E-state index in [0.29, 0.717) is 6.07 Å². The molecule has 2 nitrogen and oxygen atoms in total. The van der Waals surface area contributed by atoms with Gasteiger partial charge < -0.3 is 0 Å². The van der Waals surface area contributed by atoms with Gasteiger partial charge in [0.25, 0.3) is 6.43 Å². The summed E-state index contributed by atoms with van der Waals surface area (Å²) < 4.78 is 63.3. The largest absolute Gasteiger partial charge is 0.417 e. The number of rotatable bonds is 3. The number of alkyl halides is 6. The van der Waals surface area contributed by atoms with E-state index in [-0.39, 0.29) is 5.69 Å². The van der Waals surface area contributed by atoms with Crippen molar-refractivity contribution in [2.45, 2.75) is 24.9 Å². The fourth-order valence-electron chi connectivity index (χ4n) is 1.42. The molecule has 0 fully saturated rings. The first-order valence-corrected chi connectivity index (χ1v) is 5.15. The zero-order chi connectivity index (χ0) is 13.9. The molecular formula is C10H6ClF5N2. The van der Waals surface area contributed by atoms with Crippen LogP contribution in [0.25, 0.3) is 0 Å². The standard InChI is InChI=1S/C10H6ClF5N2/c11-4-7-8(9(12)13)6(10(14,15)16)3-5(18-7)1-2-17/h3,9H,1,4H2. The van der Waals surface area contributed by atoms with E-state index in [4.69, 9.17) is 16.9 Å². The van der Waals surface area contributed by atoms with Crippen LogP contribution in [-0.4, -0.2) is 4.98 Å². The minimum Gasteiger partial charge on any atom is -0.255 e. The number of halogens is 6. The van der Waals surface area contributed by atoms with Crippen LogP contribution in [0.3, 0.4) is 0 Å². The topological polar surface area (TPSA) is 36.7 Å². The second-order valence-electron chi connectivity index (χ2n) is 3.29. The zero-order valence-corrected chi connectivity index (χ0v) is 9.49. The summed E-state index contributed by atoms with van der Waals surface area (Å²) in [5, 5.41) is 8.40.